The average Bonchev–Trinajstić information content (AvgIpc) is 3.41. The number of furan rings is 1. The van der Waals surface area contributed by atoms with E-state index in [-0.39, 0.29) is 29.2 Å². The predicted molar refractivity (Wildman–Crippen MR) is 154 cm³/mol. The molecule has 4 heterocycles. The summed E-state index contributed by atoms with van der Waals surface area (Å²) in [5.41, 5.74) is 1.06. The van der Waals surface area contributed by atoms with Crippen LogP contribution in [0.4, 0.5) is 11.6 Å². The molecule has 4 rings (SSSR count). The van der Waals surface area contributed by atoms with Crippen molar-refractivity contribution < 1.29 is 28.2 Å². The fourth-order valence-corrected chi connectivity index (χ4v) is 5.05. The van der Waals surface area contributed by atoms with Gasteiger partial charge in [-0.1, -0.05) is 19.6 Å². The molecule has 13 heteroatoms. The minimum Gasteiger partial charge on any atom is -0.479 e. The second kappa shape index (κ2) is 13.1. The van der Waals surface area contributed by atoms with E-state index in [2.05, 4.69) is 50.1 Å². The second-order valence-corrected chi connectivity index (χ2v) is 15.4. The van der Waals surface area contributed by atoms with Gasteiger partial charge in [-0.25, -0.2) is 0 Å². The van der Waals surface area contributed by atoms with E-state index < -0.39 is 14.0 Å². The molecular weight excluding hydrogens is 532 g/mol. The van der Waals surface area contributed by atoms with Gasteiger partial charge in [-0.15, -0.1) is 0 Å². The molecule has 0 aliphatic carbocycles. The second-order valence-electron chi connectivity index (χ2n) is 10.4. The van der Waals surface area contributed by atoms with E-state index in [1.54, 1.807) is 12.3 Å². The molecule has 3 aromatic heterocycles. The zero-order chi connectivity index (χ0) is 28.7. The first-order valence-electron chi connectivity index (χ1n) is 13.3. The number of morpholine rings is 1. The summed E-state index contributed by atoms with van der Waals surface area (Å²) < 4.78 is 27.9. The maximum atomic E-state index is 13.1. The molecule has 1 aliphatic heterocycles. The number of carbonyl (C=O) groups excluding carboxylic acids is 1. The Labute approximate surface area is 235 Å². The monoisotopic (exact) mass is 570 g/mol. The van der Waals surface area contributed by atoms with Gasteiger partial charge in [0.2, 0.25) is 17.7 Å². The summed E-state index contributed by atoms with van der Waals surface area (Å²) in [5, 5.41) is 6.96. The van der Waals surface area contributed by atoms with Crippen LogP contribution in [0, 0.1) is 6.92 Å². The molecule has 0 radical (unpaired) electrons. The molecule has 216 valence electrons. The Kier molecular flexibility index (Phi) is 9.61. The van der Waals surface area contributed by atoms with Crippen LogP contribution >= 0.6 is 0 Å². The Morgan fingerprint density at radius 2 is 1.80 bits per heavy atom. The van der Waals surface area contributed by atoms with Gasteiger partial charge in [-0.2, -0.15) is 9.97 Å². The standard InChI is InChI=1S/C27H38N6O6Si/c1-18-17-29-21(40(4,5)6)16-20(18)39-22-9-8-19(38-22)24(34)30-23-25(35-2)31-27(32-26(23)36-3)28-10-7-11-33-12-14-37-15-13-33/h8-9,16-17H,7,10-15H2,1-6H3,(H,30,34)(H,28,31,32). The summed E-state index contributed by atoms with van der Waals surface area (Å²) in [6, 6.07) is 5.07. The number of anilines is 2. The molecule has 1 fully saturated rings. The van der Waals surface area contributed by atoms with Crippen LogP contribution in [0.3, 0.4) is 0 Å². The fourth-order valence-electron chi connectivity index (χ4n) is 4.04. The zero-order valence-electron chi connectivity index (χ0n) is 24.0. The molecule has 3 aromatic rings. The third kappa shape index (κ3) is 7.49. The van der Waals surface area contributed by atoms with E-state index in [4.69, 9.17) is 23.4 Å². The molecule has 1 saturated heterocycles. The smallest absolute Gasteiger partial charge is 0.291 e. The Balaban J connectivity index is 1.41. The van der Waals surface area contributed by atoms with Gasteiger partial charge in [0, 0.05) is 42.8 Å². The van der Waals surface area contributed by atoms with Gasteiger partial charge >= 0.3 is 0 Å². The van der Waals surface area contributed by atoms with Crippen molar-refractivity contribution in [2.45, 2.75) is 33.0 Å². The molecule has 12 nitrogen and oxygen atoms in total. The Bertz CT molecular complexity index is 1280. The summed E-state index contributed by atoms with van der Waals surface area (Å²) in [6.07, 6.45) is 2.70. The van der Waals surface area contributed by atoms with Crippen LogP contribution in [0.15, 0.2) is 28.8 Å². The number of amides is 1. The maximum Gasteiger partial charge on any atom is 0.291 e. The lowest BCUT2D eigenvalue weighted by atomic mass is 10.3. The number of carbonyl (C=O) groups is 1. The number of nitrogens with one attached hydrogen (secondary N) is 2. The first kappa shape index (κ1) is 29.3. The quantitative estimate of drug-likeness (QED) is 0.245. The number of hydrogen-bond acceptors (Lipinski definition) is 11. The van der Waals surface area contributed by atoms with Crippen LogP contribution in [0.2, 0.25) is 19.6 Å². The number of hydrogen-bond donors (Lipinski definition) is 2. The van der Waals surface area contributed by atoms with Crippen LogP contribution in [-0.4, -0.2) is 87.4 Å². The zero-order valence-corrected chi connectivity index (χ0v) is 25.0. The van der Waals surface area contributed by atoms with Gasteiger partial charge in [0.25, 0.3) is 11.9 Å². The van der Waals surface area contributed by atoms with Crippen LogP contribution in [0.5, 0.6) is 23.5 Å². The molecule has 2 N–H and O–H groups in total. The van der Waals surface area contributed by atoms with E-state index in [1.807, 2.05) is 13.0 Å². The van der Waals surface area contributed by atoms with Gasteiger partial charge in [0.05, 0.1) is 27.4 Å². The van der Waals surface area contributed by atoms with Crippen LogP contribution in [-0.2, 0) is 4.74 Å². The number of aryl methyl sites for hydroxylation is 1. The lowest BCUT2D eigenvalue weighted by molar-refractivity contribution is 0.0378. The highest BCUT2D eigenvalue weighted by molar-refractivity contribution is 6.88. The summed E-state index contributed by atoms with van der Waals surface area (Å²) in [5.74, 6) is 0.992. The van der Waals surface area contributed by atoms with Crippen molar-refractivity contribution in [3.05, 3.63) is 35.7 Å². The summed E-state index contributed by atoms with van der Waals surface area (Å²) in [7, 11) is 1.29. The van der Waals surface area contributed by atoms with E-state index in [0.717, 1.165) is 50.1 Å². The highest BCUT2D eigenvalue weighted by atomic mass is 28.3. The van der Waals surface area contributed by atoms with Crippen molar-refractivity contribution in [1.29, 1.82) is 0 Å². The Hall–Kier alpha value is -3.68. The number of aromatic nitrogens is 3. The molecular formula is C27H38N6O6Si. The SMILES string of the molecule is COc1nc(NCCCN2CCOCC2)nc(OC)c1NC(=O)c1ccc(Oc2cc([Si](C)(C)C)ncc2C)o1. The van der Waals surface area contributed by atoms with E-state index in [0.29, 0.717) is 18.2 Å². The summed E-state index contributed by atoms with van der Waals surface area (Å²) in [4.78, 5) is 28.8. The summed E-state index contributed by atoms with van der Waals surface area (Å²) >= 11 is 0. The highest BCUT2D eigenvalue weighted by Gasteiger charge is 2.23. The number of pyridine rings is 1. The van der Waals surface area contributed by atoms with Crippen molar-refractivity contribution >= 4 is 30.9 Å². The predicted octanol–water partition coefficient (Wildman–Crippen LogP) is 3.51. The van der Waals surface area contributed by atoms with Crippen LogP contribution in [0.25, 0.3) is 0 Å². The molecule has 0 spiro atoms. The normalized spacial score (nSPS) is 14.1. The van der Waals surface area contributed by atoms with Crippen molar-refractivity contribution in [3.63, 3.8) is 0 Å². The van der Waals surface area contributed by atoms with Crippen molar-refractivity contribution in [2.75, 3.05) is 64.2 Å². The molecule has 0 atom stereocenters. The van der Waals surface area contributed by atoms with E-state index >= 15 is 0 Å². The molecule has 0 unspecified atom stereocenters. The molecule has 0 bridgehead atoms. The van der Waals surface area contributed by atoms with Gasteiger partial charge in [-0.3, -0.25) is 14.7 Å². The number of methoxy groups -OCH3 is 2. The third-order valence-electron chi connectivity index (χ3n) is 6.34. The number of rotatable bonds is 12. The number of nitrogens with zero attached hydrogens (tertiary/aromatic N) is 4. The third-order valence-corrected chi connectivity index (χ3v) is 8.15. The Morgan fingerprint density at radius 3 is 2.45 bits per heavy atom. The van der Waals surface area contributed by atoms with Crippen molar-refractivity contribution in [3.8, 4) is 23.5 Å². The van der Waals surface area contributed by atoms with Gasteiger partial charge in [-0.05, 0) is 32.0 Å². The van der Waals surface area contributed by atoms with Crippen LogP contribution < -0.4 is 30.2 Å². The fraction of sp³-hybridized carbons (Fsp3) is 0.481. The Morgan fingerprint density at radius 1 is 1.10 bits per heavy atom. The molecule has 1 aliphatic rings. The van der Waals surface area contributed by atoms with Crippen molar-refractivity contribution in [2.24, 2.45) is 0 Å². The molecule has 0 aromatic carbocycles. The van der Waals surface area contributed by atoms with E-state index in [1.165, 1.54) is 20.3 Å². The highest BCUT2D eigenvalue weighted by Crippen LogP contribution is 2.33. The van der Waals surface area contributed by atoms with Crippen LogP contribution in [0.1, 0.15) is 22.5 Å². The first-order chi connectivity index (χ1) is 19.2. The minimum absolute atomic E-state index is 0.0431. The lowest BCUT2D eigenvalue weighted by Gasteiger charge is -2.26. The maximum absolute atomic E-state index is 13.1. The summed E-state index contributed by atoms with van der Waals surface area (Å²) in [6.45, 7) is 13.6. The molecule has 40 heavy (non-hydrogen) atoms. The largest absolute Gasteiger partial charge is 0.479 e. The molecule has 0 saturated carbocycles. The van der Waals surface area contributed by atoms with Gasteiger partial charge in [0.15, 0.2) is 11.4 Å². The minimum atomic E-state index is -1.63. The molecule has 1 amide bonds. The van der Waals surface area contributed by atoms with E-state index in [9.17, 15) is 4.79 Å². The number of ether oxygens (including phenoxy) is 4. The first-order valence-corrected chi connectivity index (χ1v) is 16.8. The lowest BCUT2D eigenvalue weighted by Crippen LogP contribution is -2.39. The average molecular weight is 571 g/mol. The van der Waals surface area contributed by atoms with Gasteiger partial charge < -0.3 is 34.0 Å². The van der Waals surface area contributed by atoms with Crippen molar-refractivity contribution in [1.82, 2.24) is 19.9 Å². The topological polar surface area (TPSA) is 133 Å². The van der Waals surface area contributed by atoms with Gasteiger partial charge in [0.1, 0.15) is 13.8 Å².